The molecule has 0 aromatic carbocycles. The Hall–Kier alpha value is -0.120. The Bertz CT molecular complexity index is 302. The van der Waals surface area contributed by atoms with Gasteiger partial charge < -0.3 is 15.2 Å². The maximum Gasteiger partial charge on any atom is 0.0681 e. The van der Waals surface area contributed by atoms with Crippen molar-refractivity contribution in [1.82, 2.24) is 5.32 Å². The van der Waals surface area contributed by atoms with Crippen LogP contribution in [0.4, 0.5) is 0 Å². The normalized spacial score (nSPS) is 26.7. The molecule has 3 heteroatoms. The molecule has 1 unspecified atom stereocenters. The van der Waals surface area contributed by atoms with Crippen LogP contribution in [0.1, 0.15) is 66.2 Å². The Morgan fingerprint density at radius 1 is 1.20 bits per heavy atom. The molecule has 0 aliphatic heterocycles. The zero-order valence-electron chi connectivity index (χ0n) is 13.7. The van der Waals surface area contributed by atoms with Crippen LogP contribution in [0.15, 0.2) is 0 Å². The predicted octanol–water partition coefficient (Wildman–Crippen LogP) is 3.11. The van der Waals surface area contributed by atoms with Crippen LogP contribution >= 0.6 is 0 Å². The van der Waals surface area contributed by atoms with E-state index in [1.165, 1.54) is 38.5 Å². The molecule has 1 atom stereocenters. The molecule has 0 aromatic heterocycles. The first-order valence-corrected chi connectivity index (χ1v) is 8.37. The third kappa shape index (κ3) is 4.19. The summed E-state index contributed by atoms with van der Waals surface area (Å²) in [5.41, 5.74) is 0.279. The Morgan fingerprint density at radius 3 is 2.25 bits per heavy atom. The second-order valence-corrected chi connectivity index (χ2v) is 8.06. The lowest BCUT2D eigenvalue weighted by atomic mass is 9.76. The van der Waals surface area contributed by atoms with Crippen LogP contribution in [0.25, 0.3) is 0 Å². The second-order valence-electron chi connectivity index (χ2n) is 8.06. The Kier molecular flexibility index (Phi) is 5.14. The molecule has 2 fully saturated rings. The van der Waals surface area contributed by atoms with Crippen LogP contribution < -0.4 is 5.32 Å². The van der Waals surface area contributed by atoms with Gasteiger partial charge in [-0.2, -0.15) is 0 Å². The van der Waals surface area contributed by atoms with Crippen LogP contribution in [0, 0.1) is 11.3 Å². The van der Waals surface area contributed by atoms with E-state index in [1.807, 2.05) is 0 Å². The maximum atomic E-state index is 9.91. The van der Waals surface area contributed by atoms with Crippen molar-refractivity contribution in [3.05, 3.63) is 0 Å². The highest BCUT2D eigenvalue weighted by Crippen LogP contribution is 2.41. The van der Waals surface area contributed by atoms with Crippen molar-refractivity contribution in [3.63, 3.8) is 0 Å². The smallest absolute Gasteiger partial charge is 0.0681 e. The lowest BCUT2D eigenvalue weighted by Gasteiger charge is -2.39. The maximum absolute atomic E-state index is 9.91. The molecule has 3 nitrogen and oxygen atoms in total. The van der Waals surface area contributed by atoms with E-state index in [0.29, 0.717) is 30.1 Å². The van der Waals surface area contributed by atoms with E-state index in [0.717, 1.165) is 0 Å². The van der Waals surface area contributed by atoms with Gasteiger partial charge >= 0.3 is 0 Å². The van der Waals surface area contributed by atoms with E-state index >= 15 is 0 Å². The molecule has 0 radical (unpaired) electrons. The number of hydrogen-bond donors (Lipinski definition) is 2. The first-order chi connectivity index (χ1) is 9.37. The fourth-order valence-electron chi connectivity index (χ4n) is 3.51. The highest BCUT2D eigenvalue weighted by Gasteiger charge is 2.45. The van der Waals surface area contributed by atoms with Crippen LogP contribution in [0.3, 0.4) is 0 Å². The standard InChI is InChI=1S/C17H33NO2/c1-13(2)18-17(11-19,14-5-6-14)12-20-15-7-9-16(3,4)10-8-15/h13-15,18-19H,5-12H2,1-4H3. The third-order valence-electron chi connectivity index (χ3n) is 5.08. The minimum Gasteiger partial charge on any atom is -0.394 e. The molecule has 0 aromatic rings. The van der Waals surface area contributed by atoms with E-state index in [2.05, 4.69) is 33.0 Å². The average molecular weight is 283 g/mol. The summed E-state index contributed by atoms with van der Waals surface area (Å²) in [5.74, 6) is 0.593. The quantitative estimate of drug-likeness (QED) is 0.754. The molecule has 118 valence electrons. The number of hydrogen-bond acceptors (Lipinski definition) is 3. The van der Waals surface area contributed by atoms with Crippen molar-refractivity contribution >= 4 is 0 Å². The summed E-state index contributed by atoms with van der Waals surface area (Å²) in [5, 5.41) is 13.5. The molecule has 2 rings (SSSR count). The van der Waals surface area contributed by atoms with Gasteiger partial charge in [0.15, 0.2) is 0 Å². The summed E-state index contributed by atoms with van der Waals surface area (Å²) >= 11 is 0. The van der Waals surface area contributed by atoms with Crippen molar-refractivity contribution in [2.45, 2.75) is 83.9 Å². The van der Waals surface area contributed by atoms with Crippen molar-refractivity contribution in [3.8, 4) is 0 Å². The largest absolute Gasteiger partial charge is 0.394 e. The number of aliphatic hydroxyl groups excluding tert-OH is 1. The second kappa shape index (κ2) is 6.33. The molecule has 0 spiro atoms. The molecular formula is C17H33NO2. The topological polar surface area (TPSA) is 41.5 Å². The summed E-state index contributed by atoms with van der Waals surface area (Å²) in [7, 11) is 0. The minimum absolute atomic E-state index is 0.189. The van der Waals surface area contributed by atoms with Crippen molar-refractivity contribution in [2.24, 2.45) is 11.3 Å². The van der Waals surface area contributed by atoms with E-state index in [9.17, 15) is 5.11 Å². The molecule has 2 aliphatic carbocycles. The van der Waals surface area contributed by atoms with Crippen LogP contribution in [-0.4, -0.2) is 36.0 Å². The molecule has 0 bridgehead atoms. The van der Waals surface area contributed by atoms with Gasteiger partial charge in [-0.3, -0.25) is 0 Å². The molecule has 0 amide bonds. The van der Waals surface area contributed by atoms with Gasteiger partial charge in [0.05, 0.1) is 24.9 Å². The summed E-state index contributed by atoms with van der Waals surface area (Å²) in [6, 6.07) is 0.386. The third-order valence-corrected chi connectivity index (χ3v) is 5.08. The van der Waals surface area contributed by atoms with E-state index in [1.54, 1.807) is 0 Å². The molecule has 2 N–H and O–H groups in total. The first kappa shape index (κ1) is 16.3. The van der Waals surface area contributed by atoms with Crippen LogP contribution in [0.5, 0.6) is 0 Å². The van der Waals surface area contributed by atoms with Crippen LogP contribution in [-0.2, 0) is 4.74 Å². The molecule has 2 aliphatic rings. The van der Waals surface area contributed by atoms with Gasteiger partial charge in [-0.1, -0.05) is 27.7 Å². The van der Waals surface area contributed by atoms with Gasteiger partial charge in [-0.15, -0.1) is 0 Å². The number of nitrogens with one attached hydrogen (secondary N) is 1. The van der Waals surface area contributed by atoms with Crippen molar-refractivity contribution in [2.75, 3.05) is 13.2 Å². The van der Waals surface area contributed by atoms with E-state index in [-0.39, 0.29) is 12.1 Å². The zero-order chi connectivity index (χ0) is 14.8. The first-order valence-electron chi connectivity index (χ1n) is 8.37. The van der Waals surface area contributed by atoms with E-state index < -0.39 is 0 Å². The number of rotatable bonds is 7. The molecule has 20 heavy (non-hydrogen) atoms. The summed E-state index contributed by atoms with van der Waals surface area (Å²) in [6.07, 6.45) is 7.68. The molecular weight excluding hydrogens is 250 g/mol. The van der Waals surface area contributed by atoms with Gasteiger partial charge in [-0.25, -0.2) is 0 Å². The summed E-state index contributed by atoms with van der Waals surface area (Å²) in [6.45, 7) is 9.86. The fraction of sp³-hybridized carbons (Fsp3) is 1.00. The highest BCUT2D eigenvalue weighted by atomic mass is 16.5. The SMILES string of the molecule is CC(C)NC(CO)(COC1CCC(C)(C)CC1)C1CC1. The monoisotopic (exact) mass is 283 g/mol. The minimum atomic E-state index is -0.207. The summed E-state index contributed by atoms with van der Waals surface area (Å²) < 4.78 is 6.21. The van der Waals surface area contributed by atoms with Crippen LogP contribution in [0.2, 0.25) is 0 Å². The number of ether oxygens (including phenoxy) is 1. The highest BCUT2D eigenvalue weighted by molar-refractivity contribution is 5.02. The van der Waals surface area contributed by atoms with Gasteiger partial charge in [0, 0.05) is 6.04 Å². The Labute approximate surface area is 124 Å². The molecule has 0 saturated heterocycles. The predicted molar refractivity (Wildman–Crippen MR) is 82.8 cm³/mol. The van der Waals surface area contributed by atoms with Gasteiger partial charge in [0.2, 0.25) is 0 Å². The lowest BCUT2D eigenvalue weighted by Crippen LogP contribution is -2.57. The zero-order valence-corrected chi connectivity index (χ0v) is 13.7. The number of aliphatic hydroxyl groups is 1. The van der Waals surface area contributed by atoms with Crippen molar-refractivity contribution < 1.29 is 9.84 Å². The Balaban J connectivity index is 1.86. The fourth-order valence-corrected chi connectivity index (χ4v) is 3.51. The Morgan fingerprint density at radius 2 is 1.80 bits per heavy atom. The van der Waals surface area contributed by atoms with Gasteiger partial charge in [-0.05, 0) is 49.9 Å². The van der Waals surface area contributed by atoms with E-state index in [4.69, 9.17) is 4.74 Å². The lowest BCUT2D eigenvalue weighted by molar-refractivity contribution is -0.0459. The summed E-state index contributed by atoms with van der Waals surface area (Å²) in [4.78, 5) is 0. The molecule has 2 saturated carbocycles. The van der Waals surface area contributed by atoms with Crippen molar-refractivity contribution in [1.29, 1.82) is 0 Å². The average Bonchev–Trinajstić information content (AvgIpc) is 3.20. The van der Waals surface area contributed by atoms with Gasteiger partial charge in [0.25, 0.3) is 0 Å². The van der Waals surface area contributed by atoms with Gasteiger partial charge in [0.1, 0.15) is 0 Å². The molecule has 0 heterocycles.